The van der Waals surface area contributed by atoms with Crippen molar-refractivity contribution < 1.29 is 4.92 Å². The second kappa shape index (κ2) is 4.82. The lowest BCUT2D eigenvalue weighted by molar-refractivity contribution is -0.384. The van der Waals surface area contributed by atoms with E-state index in [2.05, 4.69) is 15.4 Å². The maximum Gasteiger partial charge on any atom is 0.292 e. The first kappa shape index (κ1) is 12.0. The summed E-state index contributed by atoms with van der Waals surface area (Å²) >= 11 is 0. The monoisotopic (exact) mass is 247 g/mol. The summed E-state index contributed by atoms with van der Waals surface area (Å²) in [5.74, 6) is 0.591. The molecule has 2 aromatic rings. The first-order valence-corrected chi connectivity index (χ1v) is 5.39. The Morgan fingerprint density at radius 1 is 1.50 bits per heavy atom. The molecule has 18 heavy (non-hydrogen) atoms. The standard InChI is InChI=1S/C11H13N5O2/c1-8-3-4-10(16(17)18)9(5-8)12-6-11-13-7-15(2)14-11/h3-5,7,12H,6H2,1-2H3. The van der Waals surface area contributed by atoms with E-state index >= 15 is 0 Å². The molecule has 0 saturated heterocycles. The van der Waals surface area contributed by atoms with Crippen molar-refractivity contribution in [3.8, 4) is 0 Å². The average Bonchev–Trinajstić information content (AvgIpc) is 2.72. The first-order chi connectivity index (χ1) is 8.56. The smallest absolute Gasteiger partial charge is 0.292 e. The largest absolute Gasteiger partial charge is 0.372 e. The number of nitro groups is 1. The van der Waals surface area contributed by atoms with Gasteiger partial charge in [-0.15, -0.1) is 0 Å². The van der Waals surface area contributed by atoms with Gasteiger partial charge in [-0.1, -0.05) is 6.07 Å². The Morgan fingerprint density at radius 3 is 2.89 bits per heavy atom. The van der Waals surface area contributed by atoms with Gasteiger partial charge in [-0.25, -0.2) is 4.98 Å². The highest BCUT2D eigenvalue weighted by Gasteiger charge is 2.13. The molecule has 0 aliphatic carbocycles. The summed E-state index contributed by atoms with van der Waals surface area (Å²) < 4.78 is 1.58. The van der Waals surface area contributed by atoms with Crippen molar-refractivity contribution in [2.75, 3.05) is 5.32 Å². The fraction of sp³-hybridized carbons (Fsp3) is 0.273. The Labute approximate surface area is 104 Å². The van der Waals surface area contributed by atoms with Gasteiger partial charge in [-0.2, -0.15) is 5.10 Å². The van der Waals surface area contributed by atoms with Gasteiger partial charge in [0.05, 0.1) is 11.5 Å². The van der Waals surface area contributed by atoms with Crippen LogP contribution in [0.3, 0.4) is 0 Å². The number of aromatic nitrogens is 3. The molecule has 94 valence electrons. The van der Waals surface area contributed by atoms with Crippen molar-refractivity contribution in [1.29, 1.82) is 0 Å². The van der Waals surface area contributed by atoms with E-state index in [0.717, 1.165) is 5.56 Å². The van der Waals surface area contributed by atoms with Crippen LogP contribution in [-0.2, 0) is 13.6 Å². The zero-order chi connectivity index (χ0) is 13.1. The number of nitrogens with one attached hydrogen (secondary N) is 1. The molecule has 0 bridgehead atoms. The van der Waals surface area contributed by atoms with Crippen molar-refractivity contribution in [1.82, 2.24) is 14.8 Å². The maximum absolute atomic E-state index is 10.9. The summed E-state index contributed by atoms with van der Waals surface area (Å²) in [7, 11) is 1.77. The Bertz CT molecular complexity index is 579. The van der Waals surface area contributed by atoms with Crippen LogP contribution in [0.4, 0.5) is 11.4 Å². The maximum atomic E-state index is 10.9. The molecule has 7 nitrogen and oxygen atoms in total. The predicted octanol–water partition coefficient (Wildman–Crippen LogP) is 1.64. The van der Waals surface area contributed by atoms with E-state index < -0.39 is 4.92 Å². The molecule has 1 heterocycles. The molecule has 0 unspecified atom stereocenters. The van der Waals surface area contributed by atoms with Crippen LogP contribution in [-0.4, -0.2) is 19.7 Å². The minimum absolute atomic E-state index is 0.0523. The van der Waals surface area contributed by atoms with Gasteiger partial charge in [0.15, 0.2) is 5.82 Å². The lowest BCUT2D eigenvalue weighted by Gasteiger charge is -2.05. The molecular formula is C11H13N5O2. The van der Waals surface area contributed by atoms with E-state index in [9.17, 15) is 10.1 Å². The zero-order valence-electron chi connectivity index (χ0n) is 10.1. The normalized spacial score (nSPS) is 10.3. The van der Waals surface area contributed by atoms with Crippen molar-refractivity contribution in [3.05, 3.63) is 46.0 Å². The Kier molecular flexibility index (Phi) is 3.22. The van der Waals surface area contributed by atoms with E-state index in [0.29, 0.717) is 18.1 Å². The van der Waals surface area contributed by atoms with E-state index in [4.69, 9.17) is 0 Å². The molecule has 7 heteroatoms. The van der Waals surface area contributed by atoms with Crippen molar-refractivity contribution in [2.24, 2.45) is 7.05 Å². The molecule has 0 amide bonds. The van der Waals surface area contributed by atoms with Crippen LogP contribution in [0, 0.1) is 17.0 Å². The average molecular weight is 247 g/mol. The molecule has 0 fully saturated rings. The lowest BCUT2D eigenvalue weighted by atomic mass is 10.2. The summed E-state index contributed by atoms with van der Waals surface area (Å²) in [5.41, 5.74) is 1.49. The van der Waals surface area contributed by atoms with Gasteiger partial charge in [0, 0.05) is 13.1 Å². The van der Waals surface area contributed by atoms with E-state index in [1.807, 2.05) is 6.92 Å². The van der Waals surface area contributed by atoms with Crippen LogP contribution < -0.4 is 5.32 Å². The van der Waals surface area contributed by atoms with Gasteiger partial charge >= 0.3 is 0 Å². The third kappa shape index (κ3) is 2.62. The van der Waals surface area contributed by atoms with Crippen LogP contribution in [0.2, 0.25) is 0 Å². The van der Waals surface area contributed by atoms with Gasteiger partial charge in [-0.05, 0) is 18.6 Å². The molecule has 0 aliphatic heterocycles. The van der Waals surface area contributed by atoms with Crippen molar-refractivity contribution in [3.63, 3.8) is 0 Å². The number of hydrogen-bond acceptors (Lipinski definition) is 5. The predicted molar refractivity (Wildman–Crippen MR) is 66.2 cm³/mol. The number of hydrogen-bond donors (Lipinski definition) is 1. The molecule has 0 radical (unpaired) electrons. The minimum Gasteiger partial charge on any atom is -0.372 e. The topological polar surface area (TPSA) is 85.9 Å². The number of anilines is 1. The van der Waals surface area contributed by atoms with Crippen LogP contribution in [0.5, 0.6) is 0 Å². The quantitative estimate of drug-likeness (QED) is 0.655. The molecule has 0 aliphatic rings. The lowest BCUT2D eigenvalue weighted by Crippen LogP contribution is -2.05. The molecule has 1 N–H and O–H groups in total. The highest BCUT2D eigenvalue weighted by molar-refractivity contribution is 5.62. The summed E-state index contributed by atoms with van der Waals surface area (Å²) in [6.07, 6.45) is 1.58. The number of nitrogens with zero attached hydrogens (tertiary/aromatic N) is 4. The zero-order valence-corrected chi connectivity index (χ0v) is 10.1. The number of nitro benzene ring substituents is 1. The van der Waals surface area contributed by atoms with Gasteiger partial charge in [0.25, 0.3) is 5.69 Å². The fourth-order valence-electron chi connectivity index (χ4n) is 1.59. The Hall–Kier alpha value is -2.44. The Balaban J connectivity index is 2.17. The highest BCUT2D eigenvalue weighted by atomic mass is 16.6. The minimum atomic E-state index is -0.409. The second-order valence-electron chi connectivity index (χ2n) is 3.97. The third-order valence-electron chi connectivity index (χ3n) is 2.43. The molecule has 1 aromatic carbocycles. The van der Waals surface area contributed by atoms with Gasteiger partial charge in [-0.3, -0.25) is 14.8 Å². The third-order valence-corrected chi connectivity index (χ3v) is 2.43. The van der Waals surface area contributed by atoms with E-state index in [-0.39, 0.29) is 5.69 Å². The molecule has 0 atom stereocenters. The molecule has 0 spiro atoms. The van der Waals surface area contributed by atoms with Gasteiger partial charge in [0.1, 0.15) is 12.0 Å². The van der Waals surface area contributed by atoms with Crippen LogP contribution in [0.15, 0.2) is 24.5 Å². The SMILES string of the molecule is Cc1ccc([N+](=O)[O-])c(NCc2ncn(C)n2)c1. The van der Waals surface area contributed by atoms with E-state index in [1.54, 1.807) is 30.2 Å². The molecule has 2 rings (SSSR count). The first-order valence-electron chi connectivity index (χ1n) is 5.39. The summed E-state index contributed by atoms with van der Waals surface area (Å²) in [6, 6.07) is 4.94. The number of aryl methyl sites for hydroxylation is 2. The summed E-state index contributed by atoms with van der Waals surface area (Å²) in [4.78, 5) is 14.5. The molecule has 0 saturated carbocycles. The van der Waals surface area contributed by atoms with E-state index in [1.165, 1.54) is 6.07 Å². The summed E-state index contributed by atoms with van der Waals surface area (Å²) in [6.45, 7) is 2.24. The number of rotatable bonds is 4. The Morgan fingerprint density at radius 2 is 2.28 bits per heavy atom. The highest BCUT2D eigenvalue weighted by Crippen LogP contribution is 2.25. The van der Waals surface area contributed by atoms with Crippen LogP contribution in [0.1, 0.15) is 11.4 Å². The second-order valence-corrected chi connectivity index (χ2v) is 3.97. The fourth-order valence-corrected chi connectivity index (χ4v) is 1.59. The van der Waals surface area contributed by atoms with Gasteiger partial charge in [0.2, 0.25) is 0 Å². The summed E-state index contributed by atoms with van der Waals surface area (Å²) in [5, 5.41) is 18.0. The van der Waals surface area contributed by atoms with Crippen molar-refractivity contribution >= 4 is 11.4 Å². The van der Waals surface area contributed by atoms with Gasteiger partial charge < -0.3 is 5.32 Å². The molecule has 1 aromatic heterocycles. The van der Waals surface area contributed by atoms with Crippen LogP contribution >= 0.6 is 0 Å². The van der Waals surface area contributed by atoms with Crippen LogP contribution in [0.25, 0.3) is 0 Å². The number of benzene rings is 1. The van der Waals surface area contributed by atoms with Crippen molar-refractivity contribution in [2.45, 2.75) is 13.5 Å². The molecular weight excluding hydrogens is 234 g/mol.